The van der Waals surface area contributed by atoms with Crippen LogP contribution in [0.1, 0.15) is 26.2 Å². The van der Waals surface area contributed by atoms with Crippen LogP contribution in [-0.2, 0) is 21.4 Å². The number of carboxylic acid groups (broad SMARTS) is 1. The summed E-state index contributed by atoms with van der Waals surface area (Å²) in [5.41, 5.74) is 0. The lowest BCUT2D eigenvalue weighted by Crippen LogP contribution is -2.25. The van der Waals surface area contributed by atoms with E-state index in [4.69, 9.17) is 10.2 Å². The van der Waals surface area contributed by atoms with Crippen LogP contribution < -0.4 is 4.72 Å². The number of hydrogen-bond acceptors (Lipinski definition) is 5. The van der Waals surface area contributed by atoms with Gasteiger partial charge in [-0.25, -0.2) is 13.1 Å². The fraction of sp³-hybridized carbons (Fsp3) is 0.667. The molecular formula is C12H21N3O5S. The number of aromatic nitrogens is 2. The third kappa shape index (κ3) is 6.23. The third-order valence-electron chi connectivity index (χ3n) is 2.95. The first-order valence-electron chi connectivity index (χ1n) is 6.70. The van der Waals surface area contributed by atoms with Crippen molar-refractivity contribution in [2.75, 3.05) is 13.2 Å². The number of carboxylic acids is 1. The summed E-state index contributed by atoms with van der Waals surface area (Å²) in [5, 5.41) is 21.3. The molecule has 0 aliphatic heterocycles. The SMILES string of the molecule is CC(CO)CCCNS(=O)(=O)c1cnn(CCC(=O)O)c1. The smallest absolute Gasteiger partial charge is 0.305 e. The van der Waals surface area contributed by atoms with Gasteiger partial charge < -0.3 is 10.2 Å². The monoisotopic (exact) mass is 319 g/mol. The molecule has 0 radical (unpaired) electrons. The Hall–Kier alpha value is -1.45. The highest BCUT2D eigenvalue weighted by Crippen LogP contribution is 2.08. The van der Waals surface area contributed by atoms with Gasteiger partial charge in [-0.05, 0) is 18.8 Å². The largest absolute Gasteiger partial charge is 0.481 e. The molecule has 0 aliphatic rings. The van der Waals surface area contributed by atoms with Crippen molar-refractivity contribution >= 4 is 16.0 Å². The molecule has 1 heterocycles. The van der Waals surface area contributed by atoms with Crippen molar-refractivity contribution in [2.24, 2.45) is 5.92 Å². The van der Waals surface area contributed by atoms with E-state index in [-0.39, 0.29) is 36.9 Å². The zero-order valence-corrected chi connectivity index (χ0v) is 12.7. The minimum Gasteiger partial charge on any atom is -0.481 e. The highest BCUT2D eigenvalue weighted by Gasteiger charge is 2.16. The van der Waals surface area contributed by atoms with Crippen LogP contribution in [-0.4, -0.2) is 47.5 Å². The van der Waals surface area contributed by atoms with Crippen molar-refractivity contribution in [1.29, 1.82) is 0 Å². The second kappa shape index (κ2) is 8.11. The number of hydrogen-bond donors (Lipinski definition) is 3. The molecule has 1 unspecified atom stereocenters. The lowest BCUT2D eigenvalue weighted by atomic mass is 10.1. The second-order valence-corrected chi connectivity index (χ2v) is 6.68. The summed E-state index contributed by atoms with van der Waals surface area (Å²) < 4.78 is 27.7. The number of aliphatic carboxylic acids is 1. The van der Waals surface area contributed by atoms with Crippen LogP contribution in [0.15, 0.2) is 17.3 Å². The van der Waals surface area contributed by atoms with Crippen molar-refractivity contribution in [2.45, 2.75) is 37.6 Å². The van der Waals surface area contributed by atoms with E-state index < -0.39 is 16.0 Å². The first kappa shape index (κ1) is 17.6. The Kier molecular flexibility index (Phi) is 6.79. The predicted octanol–water partition coefficient (Wildman–Crippen LogP) is 0.0447. The number of sulfonamides is 1. The van der Waals surface area contributed by atoms with Crippen molar-refractivity contribution in [3.05, 3.63) is 12.4 Å². The maximum absolute atomic E-state index is 12.0. The topological polar surface area (TPSA) is 122 Å². The molecule has 1 aromatic heterocycles. The van der Waals surface area contributed by atoms with Gasteiger partial charge in [0.2, 0.25) is 10.0 Å². The Balaban J connectivity index is 2.48. The van der Waals surface area contributed by atoms with Crippen molar-refractivity contribution in [3.63, 3.8) is 0 Å². The molecule has 9 heteroatoms. The van der Waals surface area contributed by atoms with E-state index in [9.17, 15) is 13.2 Å². The van der Waals surface area contributed by atoms with Crippen molar-refractivity contribution in [3.8, 4) is 0 Å². The van der Waals surface area contributed by atoms with Gasteiger partial charge in [-0.15, -0.1) is 0 Å². The highest BCUT2D eigenvalue weighted by molar-refractivity contribution is 7.89. The lowest BCUT2D eigenvalue weighted by Gasteiger charge is -2.08. The van der Waals surface area contributed by atoms with E-state index in [1.165, 1.54) is 17.1 Å². The fourth-order valence-electron chi connectivity index (χ4n) is 1.65. The number of aryl methyl sites for hydroxylation is 1. The van der Waals surface area contributed by atoms with Crippen LogP contribution in [0.4, 0.5) is 0 Å². The zero-order valence-electron chi connectivity index (χ0n) is 11.9. The fourth-order valence-corrected chi connectivity index (χ4v) is 2.67. The molecule has 21 heavy (non-hydrogen) atoms. The van der Waals surface area contributed by atoms with Gasteiger partial charge in [-0.2, -0.15) is 5.10 Å². The Morgan fingerprint density at radius 2 is 2.24 bits per heavy atom. The van der Waals surface area contributed by atoms with E-state index >= 15 is 0 Å². The first-order valence-corrected chi connectivity index (χ1v) is 8.18. The first-order chi connectivity index (χ1) is 9.85. The van der Waals surface area contributed by atoms with Crippen LogP contribution in [0.3, 0.4) is 0 Å². The molecule has 8 nitrogen and oxygen atoms in total. The summed E-state index contributed by atoms with van der Waals surface area (Å²) in [7, 11) is -3.63. The molecule has 0 bridgehead atoms. The number of rotatable bonds is 10. The normalized spacial score (nSPS) is 13.2. The molecule has 0 aliphatic carbocycles. The number of nitrogens with zero attached hydrogens (tertiary/aromatic N) is 2. The quantitative estimate of drug-likeness (QED) is 0.524. The average molecular weight is 319 g/mol. The molecule has 0 saturated heterocycles. The minimum atomic E-state index is -3.63. The number of nitrogens with one attached hydrogen (secondary N) is 1. The lowest BCUT2D eigenvalue weighted by molar-refractivity contribution is -0.137. The maximum Gasteiger partial charge on any atom is 0.305 e. The summed E-state index contributed by atoms with van der Waals surface area (Å²) in [5.74, 6) is -0.820. The summed E-state index contributed by atoms with van der Waals surface area (Å²) in [6, 6.07) is 0. The molecule has 1 atom stereocenters. The van der Waals surface area contributed by atoms with Gasteiger partial charge in [0, 0.05) is 19.3 Å². The van der Waals surface area contributed by atoms with Crippen molar-refractivity contribution in [1.82, 2.24) is 14.5 Å². The van der Waals surface area contributed by atoms with Gasteiger partial charge >= 0.3 is 5.97 Å². The summed E-state index contributed by atoms with van der Waals surface area (Å²) in [6.07, 6.45) is 3.75. The Morgan fingerprint density at radius 3 is 2.86 bits per heavy atom. The predicted molar refractivity (Wildman–Crippen MR) is 75.2 cm³/mol. The Morgan fingerprint density at radius 1 is 1.52 bits per heavy atom. The molecule has 0 aromatic carbocycles. The molecule has 1 aromatic rings. The Labute approximate surface area is 123 Å². The van der Waals surface area contributed by atoms with Gasteiger partial charge in [0.1, 0.15) is 4.90 Å². The summed E-state index contributed by atoms with van der Waals surface area (Å²) in [6.45, 7) is 2.38. The number of aliphatic hydroxyl groups is 1. The maximum atomic E-state index is 12.0. The average Bonchev–Trinajstić information content (AvgIpc) is 2.90. The van der Waals surface area contributed by atoms with Crippen LogP contribution in [0.2, 0.25) is 0 Å². The van der Waals surface area contributed by atoms with E-state index in [1.54, 1.807) is 0 Å². The molecule has 0 fully saturated rings. The molecule has 120 valence electrons. The second-order valence-electron chi connectivity index (χ2n) is 4.91. The van der Waals surface area contributed by atoms with E-state index in [2.05, 4.69) is 9.82 Å². The van der Waals surface area contributed by atoms with Gasteiger partial charge in [0.15, 0.2) is 0 Å². The van der Waals surface area contributed by atoms with Crippen LogP contribution in [0.25, 0.3) is 0 Å². The summed E-state index contributed by atoms with van der Waals surface area (Å²) in [4.78, 5) is 10.5. The van der Waals surface area contributed by atoms with Gasteiger partial charge in [0.25, 0.3) is 0 Å². The van der Waals surface area contributed by atoms with Gasteiger partial charge in [-0.3, -0.25) is 9.48 Å². The van der Waals surface area contributed by atoms with Crippen LogP contribution in [0, 0.1) is 5.92 Å². The van der Waals surface area contributed by atoms with E-state index in [0.29, 0.717) is 6.42 Å². The summed E-state index contributed by atoms with van der Waals surface area (Å²) >= 11 is 0. The molecule has 0 saturated carbocycles. The van der Waals surface area contributed by atoms with E-state index in [0.717, 1.165) is 6.42 Å². The number of carbonyl (C=O) groups is 1. The highest BCUT2D eigenvalue weighted by atomic mass is 32.2. The Bertz CT molecular complexity index is 555. The van der Waals surface area contributed by atoms with Gasteiger partial charge in [-0.1, -0.05) is 6.92 Å². The minimum absolute atomic E-state index is 0.0168. The standard InChI is InChI=1S/C12H21N3O5S/c1-10(9-16)3-2-5-14-21(19,20)11-7-13-15(8-11)6-4-12(17)18/h7-8,10,14,16H,2-6,9H2,1H3,(H,17,18). The number of aliphatic hydroxyl groups excluding tert-OH is 1. The molecule has 0 spiro atoms. The van der Waals surface area contributed by atoms with Crippen molar-refractivity contribution < 1.29 is 23.4 Å². The zero-order chi connectivity index (χ0) is 15.9. The van der Waals surface area contributed by atoms with Crippen LogP contribution >= 0.6 is 0 Å². The molecule has 3 N–H and O–H groups in total. The molecule has 1 rings (SSSR count). The van der Waals surface area contributed by atoms with Crippen LogP contribution in [0.5, 0.6) is 0 Å². The third-order valence-corrected chi connectivity index (χ3v) is 4.37. The van der Waals surface area contributed by atoms with Gasteiger partial charge in [0.05, 0.1) is 19.2 Å². The van der Waals surface area contributed by atoms with E-state index in [1.807, 2.05) is 6.92 Å². The molecular weight excluding hydrogens is 298 g/mol. The molecule has 0 amide bonds.